The van der Waals surface area contributed by atoms with Crippen LogP contribution in [0.5, 0.6) is 0 Å². The van der Waals surface area contributed by atoms with Crippen molar-refractivity contribution in [3.8, 4) is 0 Å². The molecule has 4 rings (SSSR count). The lowest BCUT2D eigenvalue weighted by molar-refractivity contribution is -0.658. The van der Waals surface area contributed by atoms with E-state index in [2.05, 4.69) is 0 Å². The van der Waals surface area contributed by atoms with E-state index < -0.39 is 0 Å². The van der Waals surface area contributed by atoms with Gasteiger partial charge in [0.05, 0.1) is 0 Å². The summed E-state index contributed by atoms with van der Waals surface area (Å²) in [5.41, 5.74) is 2.93. The highest BCUT2D eigenvalue weighted by Gasteiger charge is 2.23. The number of rotatable bonds is 6. The molecule has 0 saturated heterocycles. The summed E-state index contributed by atoms with van der Waals surface area (Å²) in [4.78, 5) is 25.8. The van der Waals surface area contributed by atoms with Crippen LogP contribution in [0.3, 0.4) is 0 Å². The van der Waals surface area contributed by atoms with Crippen molar-refractivity contribution < 1.29 is 14.2 Å². The molecule has 4 aromatic rings. The zero-order valence-electron chi connectivity index (χ0n) is 15.9. The largest absolute Gasteiger partial charge is 0.287 e. The lowest BCUT2D eigenvalue weighted by Gasteiger charge is -2.06. The summed E-state index contributed by atoms with van der Waals surface area (Å²) in [7, 11) is 0. The van der Waals surface area contributed by atoms with Gasteiger partial charge < -0.3 is 0 Å². The number of pyridine rings is 1. The van der Waals surface area contributed by atoms with E-state index in [0.717, 1.165) is 16.5 Å². The van der Waals surface area contributed by atoms with E-state index in [-0.39, 0.29) is 18.1 Å². The Bertz CT molecular complexity index is 1200. The van der Waals surface area contributed by atoms with E-state index in [4.69, 9.17) is 0 Å². The minimum absolute atomic E-state index is 0.0342. The van der Waals surface area contributed by atoms with Crippen molar-refractivity contribution in [3.63, 3.8) is 0 Å². The van der Waals surface area contributed by atoms with E-state index in [1.807, 2.05) is 83.4 Å². The van der Waals surface area contributed by atoms with Crippen molar-refractivity contribution in [2.24, 2.45) is 0 Å². The summed E-state index contributed by atoms with van der Waals surface area (Å²) in [6.07, 6.45) is 3.35. The second kappa shape index (κ2) is 8.44. The predicted molar refractivity (Wildman–Crippen MR) is 115 cm³/mol. The summed E-state index contributed by atoms with van der Waals surface area (Å²) >= 11 is 0. The number of para-hydroxylation sites is 1. The Morgan fingerprint density at radius 2 is 1.38 bits per heavy atom. The van der Waals surface area contributed by atoms with Gasteiger partial charge in [0.2, 0.25) is 23.6 Å². The Morgan fingerprint density at radius 3 is 2.14 bits per heavy atom. The smallest absolute Gasteiger partial charge is 0.253 e. The fourth-order valence-corrected chi connectivity index (χ4v) is 3.33. The van der Waals surface area contributed by atoms with E-state index in [1.54, 1.807) is 30.4 Å². The monoisotopic (exact) mass is 378 g/mol. The maximum atomic E-state index is 13.0. The number of benzene rings is 3. The summed E-state index contributed by atoms with van der Waals surface area (Å²) in [6.45, 7) is 0.103. The summed E-state index contributed by atoms with van der Waals surface area (Å²) in [5.74, 6) is -0.173. The Morgan fingerprint density at radius 1 is 0.724 bits per heavy atom. The van der Waals surface area contributed by atoms with Crippen LogP contribution >= 0.6 is 0 Å². The molecule has 0 N–H and O–H groups in total. The quantitative estimate of drug-likeness (QED) is 0.272. The first-order valence-electron chi connectivity index (χ1n) is 9.50. The maximum absolute atomic E-state index is 13.0. The highest BCUT2D eigenvalue weighted by atomic mass is 16.1. The number of carbonyl (C=O) groups excluding carboxylic acids is 2. The van der Waals surface area contributed by atoms with Gasteiger partial charge in [0, 0.05) is 23.1 Å². The minimum atomic E-state index is -0.138. The molecule has 0 aliphatic heterocycles. The number of ketones is 2. The van der Waals surface area contributed by atoms with Gasteiger partial charge in [-0.05, 0) is 23.8 Å². The van der Waals surface area contributed by atoms with Crippen LogP contribution in [-0.4, -0.2) is 11.6 Å². The van der Waals surface area contributed by atoms with Crippen LogP contribution in [0.4, 0.5) is 0 Å². The molecule has 0 aliphatic rings. The van der Waals surface area contributed by atoms with E-state index in [0.29, 0.717) is 11.3 Å². The van der Waals surface area contributed by atoms with Crippen molar-refractivity contribution in [2.75, 3.05) is 0 Å². The number of fused-ring (bicyclic) bond motifs is 1. The van der Waals surface area contributed by atoms with Crippen molar-refractivity contribution in [3.05, 3.63) is 120 Å². The van der Waals surface area contributed by atoms with Gasteiger partial charge in [0.25, 0.3) is 5.69 Å². The van der Waals surface area contributed by atoms with Gasteiger partial charge in [-0.1, -0.05) is 78.9 Å². The SMILES string of the molecule is O=C(C[n+]1c(C(=O)C=Cc2ccccc2)ccc2ccccc21)c1ccccc1. The predicted octanol–water partition coefficient (Wildman–Crippen LogP) is 4.91. The van der Waals surface area contributed by atoms with Crippen molar-refractivity contribution in [1.29, 1.82) is 0 Å². The van der Waals surface area contributed by atoms with Crippen LogP contribution in [0.1, 0.15) is 26.4 Å². The number of nitrogens with zero attached hydrogens (tertiary/aromatic N) is 1. The highest BCUT2D eigenvalue weighted by molar-refractivity contribution is 6.05. The molecule has 0 saturated carbocycles. The summed E-state index contributed by atoms with van der Waals surface area (Å²) in [5, 5.41) is 0.983. The molecule has 1 aromatic heterocycles. The number of allylic oxidation sites excluding steroid dienone is 1. The molecule has 0 atom stereocenters. The lowest BCUT2D eigenvalue weighted by atomic mass is 10.1. The standard InChI is InChI=1S/C26H20NO2/c28-25(18-15-20-9-3-1-4-10-20)24-17-16-21-11-7-8-14-23(21)27(24)19-26(29)22-12-5-2-6-13-22/h1-18H,19H2/q+1. The molecule has 29 heavy (non-hydrogen) atoms. The van der Waals surface area contributed by atoms with E-state index >= 15 is 0 Å². The Hall–Kier alpha value is -3.85. The van der Waals surface area contributed by atoms with Crippen molar-refractivity contribution >= 4 is 28.5 Å². The average Bonchev–Trinajstić information content (AvgIpc) is 2.79. The first-order valence-corrected chi connectivity index (χ1v) is 9.50. The van der Waals surface area contributed by atoms with E-state index in [1.165, 1.54) is 0 Å². The maximum Gasteiger partial charge on any atom is 0.253 e. The van der Waals surface area contributed by atoms with Crippen LogP contribution in [-0.2, 0) is 6.54 Å². The Balaban J connectivity index is 1.73. The summed E-state index contributed by atoms with van der Waals surface area (Å²) in [6, 6.07) is 30.3. The van der Waals surface area contributed by atoms with Crippen molar-refractivity contribution in [1.82, 2.24) is 0 Å². The van der Waals surface area contributed by atoms with Gasteiger partial charge in [-0.2, -0.15) is 4.57 Å². The lowest BCUT2D eigenvalue weighted by Crippen LogP contribution is -2.44. The second-order valence-corrected chi connectivity index (χ2v) is 6.76. The average molecular weight is 378 g/mol. The van der Waals surface area contributed by atoms with Crippen LogP contribution in [0.2, 0.25) is 0 Å². The minimum Gasteiger partial charge on any atom is -0.287 e. The molecule has 140 valence electrons. The third kappa shape index (κ3) is 4.19. The molecular weight excluding hydrogens is 358 g/mol. The van der Waals surface area contributed by atoms with Crippen molar-refractivity contribution in [2.45, 2.75) is 6.54 Å². The number of hydrogen-bond donors (Lipinski definition) is 0. The molecule has 0 amide bonds. The topological polar surface area (TPSA) is 38.0 Å². The number of carbonyl (C=O) groups is 2. The van der Waals surface area contributed by atoms with Gasteiger partial charge >= 0.3 is 0 Å². The highest BCUT2D eigenvalue weighted by Crippen LogP contribution is 2.13. The number of aromatic nitrogens is 1. The van der Waals surface area contributed by atoms with Crippen LogP contribution < -0.4 is 4.57 Å². The summed E-state index contributed by atoms with van der Waals surface area (Å²) < 4.78 is 1.81. The molecule has 3 heteroatoms. The van der Waals surface area contributed by atoms with Crippen LogP contribution in [0, 0.1) is 0 Å². The fourth-order valence-electron chi connectivity index (χ4n) is 3.33. The molecule has 0 bridgehead atoms. The van der Waals surface area contributed by atoms with Gasteiger partial charge in [-0.25, -0.2) is 0 Å². The second-order valence-electron chi connectivity index (χ2n) is 6.76. The molecule has 1 heterocycles. The molecule has 0 aliphatic carbocycles. The third-order valence-corrected chi connectivity index (χ3v) is 4.82. The molecule has 0 fully saturated rings. The van der Waals surface area contributed by atoms with Crippen LogP contribution in [0.25, 0.3) is 17.0 Å². The molecule has 0 unspecified atom stereocenters. The molecule has 3 nitrogen and oxygen atoms in total. The van der Waals surface area contributed by atoms with Gasteiger partial charge in [0.1, 0.15) is 0 Å². The Kier molecular flexibility index (Phi) is 5.39. The first-order chi connectivity index (χ1) is 14.2. The molecular formula is C26H20NO2+. The number of hydrogen-bond acceptors (Lipinski definition) is 2. The fraction of sp³-hybridized carbons (Fsp3) is 0.0385. The Labute approximate surface area is 169 Å². The van der Waals surface area contributed by atoms with Gasteiger partial charge in [-0.3, -0.25) is 9.59 Å². The van der Waals surface area contributed by atoms with Gasteiger partial charge in [0.15, 0.2) is 0 Å². The van der Waals surface area contributed by atoms with E-state index in [9.17, 15) is 9.59 Å². The third-order valence-electron chi connectivity index (χ3n) is 4.82. The zero-order chi connectivity index (χ0) is 20.1. The first kappa shape index (κ1) is 18.5. The molecule has 0 spiro atoms. The molecule has 3 aromatic carbocycles. The van der Waals surface area contributed by atoms with Crippen LogP contribution in [0.15, 0.2) is 103 Å². The normalized spacial score (nSPS) is 11.0. The number of Topliss-reactive ketones (excluding diaryl/α,β-unsaturated/α-hetero) is 1. The van der Waals surface area contributed by atoms with Gasteiger partial charge in [-0.15, -0.1) is 0 Å². The molecule has 0 radical (unpaired) electrons. The zero-order valence-corrected chi connectivity index (χ0v) is 15.9.